The van der Waals surface area contributed by atoms with Gasteiger partial charge in [0, 0.05) is 13.2 Å². The van der Waals surface area contributed by atoms with Crippen molar-refractivity contribution in [2.75, 3.05) is 24.2 Å². The fraction of sp³-hybridized carbons (Fsp3) is 0.500. The van der Waals surface area contributed by atoms with E-state index in [9.17, 15) is 8.42 Å². The van der Waals surface area contributed by atoms with Crippen LogP contribution in [0, 0.1) is 0 Å². The van der Waals surface area contributed by atoms with E-state index in [0.29, 0.717) is 12.2 Å². The monoisotopic (exact) mass is 285 g/mol. The Labute approximate surface area is 113 Å². The molecule has 0 radical (unpaired) electrons. The maximum atomic E-state index is 11.4. The van der Waals surface area contributed by atoms with Crippen LogP contribution in [0.3, 0.4) is 0 Å². The Morgan fingerprint density at radius 1 is 1.47 bits per heavy atom. The number of nitrogen functional groups attached to an aromatic ring is 1. The summed E-state index contributed by atoms with van der Waals surface area (Å²) >= 11 is 0. The van der Waals surface area contributed by atoms with Gasteiger partial charge in [-0.05, 0) is 31.9 Å². The summed E-state index contributed by atoms with van der Waals surface area (Å²) in [5.74, 6) is 0. The van der Waals surface area contributed by atoms with E-state index < -0.39 is 10.0 Å². The number of primary sulfonamides is 1. The molecule has 0 aromatic heterocycles. The van der Waals surface area contributed by atoms with Gasteiger partial charge in [0.05, 0.1) is 17.0 Å². The van der Waals surface area contributed by atoms with Gasteiger partial charge < -0.3 is 15.8 Å². The molecule has 5 N–H and O–H groups in total. The van der Waals surface area contributed by atoms with Crippen LogP contribution in [-0.4, -0.2) is 27.2 Å². The topological polar surface area (TPSA) is 107 Å². The lowest BCUT2D eigenvalue weighted by Gasteiger charge is -2.24. The minimum atomic E-state index is -3.80. The first-order valence-corrected chi connectivity index (χ1v) is 7.66. The van der Waals surface area contributed by atoms with E-state index in [-0.39, 0.29) is 16.2 Å². The van der Waals surface area contributed by atoms with E-state index in [1.807, 2.05) is 6.92 Å². The van der Waals surface area contributed by atoms with Gasteiger partial charge >= 0.3 is 0 Å². The van der Waals surface area contributed by atoms with Crippen LogP contribution in [-0.2, 0) is 14.8 Å². The number of sulfonamides is 1. The third kappa shape index (κ3) is 3.17. The van der Waals surface area contributed by atoms with E-state index in [4.69, 9.17) is 15.6 Å². The molecule has 1 atom stereocenters. The molecule has 0 spiro atoms. The summed E-state index contributed by atoms with van der Waals surface area (Å²) in [5, 5.41) is 8.25. The van der Waals surface area contributed by atoms with Crippen LogP contribution in [0.1, 0.15) is 19.8 Å². The molecule has 1 aromatic carbocycles. The number of ether oxygens (including phenoxy) is 1. The normalized spacial score (nSPS) is 23.5. The van der Waals surface area contributed by atoms with Crippen molar-refractivity contribution in [3.05, 3.63) is 18.2 Å². The molecule has 106 valence electrons. The Hall–Kier alpha value is -1.31. The molecular formula is C12H19N3O3S. The van der Waals surface area contributed by atoms with Crippen molar-refractivity contribution in [3.63, 3.8) is 0 Å². The van der Waals surface area contributed by atoms with E-state index in [1.54, 1.807) is 12.1 Å². The first-order chi connectivity index (χ1) is 8.82. The number of para-hydroxylation sites is 1. The largest absolute Gasteiger partial charge is 0.396 e. The molecule has 1 heterocycles. The Balaban J connectivity index is 2.17. The van der Waals surface area contributed by atoms with Gasteiger partial charge in [-0.3, -0.25) is 0 Å². The van der Waals surface area contributed by atoms with Crippen molar-refractivity contribution in [1.82, 2.24) is 0 Å². The van der Waals surface area contributed by atoms with Gasteiger partial charge in [-0.1, -0.05) is 6.07 Å². The molecule has 6 nitrogen and oxygen atoms in total. The summed E-state index contributed by atoms with van der Waals surface area (Å²) in [5.41, 5.74) is 6.31. The molecule has 0 aliphatic carbocycles. The Morgan fingerprint density at radius 2 is 2.21 bits per heavy atom. The average Bonchev–Trinajstić information content (AvgIpc) is 2.74. The summed E-state index contributed by atoms with van der Waals surface area (Å²) < 4.78 is 28.4. The van der Waals surface area contributed by atoms with Crippen LogP contribution in [0.2, 0.25) is 0 Å². The summed E-state index contributed by atoms with van der Waals surface area (Å²) in [4.78, 5) is -0.0602. The molecule has 1 aliphatic heterocycles. The Morgan fingerprint density at radius 3 is 2.79 bits per heavy atom. The minimum Gasteiger partial charge on any atom is -0.396 e. The predicted octanol–water partition coefficient (Wildman–Crippen LogP) is 0.897. The van der Waals surface area contributed by atoms with Crippen molar-refractivity contribution in [2.45, 2.75) is 30.3 Å². The molecule has 0 amide bonds. The third-order valence-corrected chi connectivity index (χ3v) is 4.29. The standard InChI is InChI=1S/C12H19N3O3S/c1-12(6-3-7-18-12)8-15-9-4-2-5-10(11(9)13)19(14,16)17/h2,4-5,15H,3,6-8,13H2,1H3,(H2,14,16,17). The molecule has 19 heavy (non-hydrogen) atoms. The number of anilines is 2. The smallest absolute Gasteiger partial charge is 0.240 e. The highest BCUT2D eigenvalue weighted by Crippen LogP contribution is 2.29. The number of rotatable bonds is 4. The number of nitrogens with one attached hydrogen (secondary N) is 1. The van der Waals surface area contributed by atoms with Crippen molar-refractivity contribution in [1.29, 1.82) is 0 Å². The van der Waals surface area contributed by atoms with Crippen molar-refractivity contribution < 1.29 is 13.2 Å². The number of hydrogen-bond donors (Lipinski definition) is 3. The Kier molecular flexibility index (Phi) is 3.71. The lowest BCUT2D eigenvalue weighted by atomic mass is 10.0. The molecule has 7 heteroatoms. The van der Waals surface area contributed by atoms with Crippen LogP contribution < -0.4 is 16.2 Å². The van der Waals surface area contributed by atoms with Gasteiger partial charge in [0.1, 0.15) is 4.90 Å². The first kappa shape index (κ1) is 14.1. The highest BCUT2D eigenvalue weighted by molar-refractivity contribution is 7.89. The molecule has 0 saturated carbocycles. The Bertz CT molecular complexity index is 566. The van der Waals surface area contributed by atoms with Gasteiger partial charge in [0.15, 0.2) is 0 Å². The van der Waals surface area contributed by atoms with Gasteiger partial charge in [0.2, 0.25) is 10.0 Å². The molecule has 1 unspecified atom stereocenters. The zero-order chi connectivity index (χ0) is 14.1. The molecule has 2 rings (SSSR count). The van der Waals surface area contributed by atoms with Gasteiger partial charge in [-0.25, -0.2) is 13.6 Å². The van der Waals surface area contributed by atoms with Gasteiger partial charge in [0.25, 0.3) is 0 Å². The highest BCUT2D eigenvalue weighted by atomic mass is 32.2. The van der Waals surface area contributed by atoms with Crippen LogP contribution in [0.15, 0.2) is 23.1 Å². The predicted molar refractivity (Wildman–Crippen MR) is 74.3 cm³/mol. The van der Waals surface area contributed by atoms with Gasteiger partial charge in [-0.15, -0.1) is 0 Å². The van der Waals surface area contributed by atoms with E-state index in [0.717, 1.165) is 19.4 Å². The molecular weight excluding hydrogens is 266 g/mol. The second-order valence-electron chi connectivity index (χ2n) is 5.02. The van der Waals surface area contributed by atoms with E-state index in [2.05, 4.69) is 5.32 Å². The zero-order valence-corrected chi connectivity index (χ0v) is 11.7. The zero-order valence-electron chi connectivity index (χ0n) is 10.8. The average molecular weight is 285 g/mol. The maximum absolute atomic E-state index is 11.4. The van der Waals surface area contributed by atoms with E-state index >= 15 is 0 Å². The van der Waals surface area contributed by atoms with Crippen LogP contribution in [0.4, 0.5) is 11.4 Å². The summed E-state index contributed by atoms with van der Waals surface area (Å²) in [7, 11) is -3.80. The quantitative estimate of drug-likeness (QED) is 0.712. The fourth-order valence-corrected chi connectivity index (χ4v) is 2.89. The molecule has 0 bridgehead atoms. The summed E-state index contributed by atoms with van der Waals surface area (Å²) in [6.07, 6.45) is 2.00. The molecule has 1 aromatic rings. The first-order valence-electron chi connectivity index (χ1n) is 6.11. The molecule has 1 aliphatic rings. The number of hydrogen-bond acceptors (Lipinski definition) is 5. The SMILES string of the molecule is CC1(CNc2cccc(S(N)(=O)=O)c2N)CCCO1. The second-order valence-corrected chi connectivity index (χ2v) is 6.55. The highest BCUT2D eigenvalue weighted by Gasteiger charge is 2.29. The number of benzene rings is 1. The van der Waals surface area contributed by atoms with E-state index in [1.165, 1.54) is 6.07 Å². The van der Waals surface area contributed by atoms with Gasteiger partial charge in [-0.2, -0.15) is 0 Å². The fourth-order valence-electron chi connectivity index (χ4n) is 2.20. The third-order valence-electron chi connectivity index (χ3n) is 3.33. The summed E-state index contributed by atoms with van der Waals surface area (Å²) in [6.45, 7) is 3.35. The summed E-state index contributed by atoms with van der Waals surface area (Å²) in [6, 6.07) is 4.72. The van der Waals surface area contributed by atoms with Crippen LogP contribution >= 0.6 is 0 Å². The maximum Gasteiger partial charge on any atom is 0.240 e. The second kappa shape index (κ2) is 4.99. The number of nitrogens with two attached hydrogens (primary N) is 2. The minimum absolute atomic E-state index is 0.0602. The molecule has 1 fully saturated rings. The van der Waals surface area contributed by atoms with Crippen molar-refractivity contribution in [2.24, 2.45) is 5.14 Å². The lowest BCUT2D eigenvalue weighted by Crippen LogP contribution is -2.32. The van der Waals surface area contributed by atoms with Crippen molar-refractivity contribution >= 4 is 21.4 Å². The van der Waals surface area contributed by atoms with Crippen molar-refractivity contribution in [3.8, 4) is 0 Å². The lowest BCUT2D eigenvalue weighted by molar-refractivity contribution is 0.0315. The van der Waals surface area contributed by atoms with Crippen LogP contribution in [0.25, 0.3) is 0 Å². The van der Waals surface area contributed by atoms with Crippen LogP contribution in [0.5, 0.6) is 0 Å². The molecule has 1 saturated heterocycles.